The number of aldehydes is 1. The van der Waals surface area contributed by atoms with Crippen molar-refractivity contribution in [3.05, 3.63) is 40.3 Å². The van der Waals surface area contributed by atoms with Crippen molar-refractivity contribution in [3.8, 4) is 0 Å². The van der Waals surface area contributed by atoms with Crippen LogP contribution in [-0.2, 0) is 0 Å². The minimum atomic E-state index is 0.198. The summed E-state index contributed by atoms with van der Waals surface area (Å²) in [6.07, 6.45) is 6.68. The fourth-order valence-corrected chi connectivity index (χ4v) is 1.23. The summed E-state index contributed by atoms with van der Waals surface area (Å²) in [5, 5.41) is 2.82. The van der Waals surface area contributed by atoms with Crippen molar-refractivity contribution in [2.24, 2.45) is 5.18 Å². The zero-order valence-electron chi connectivity index (χ0n) is 8.64. The Hall–Kier alpha value is -1.77. The number of carbonyl (C=O) groups excluding carboxylic acids is 1. The SMILES string of the molecule is CCC/C=C/c1ccc(C=O)c(N=O)c1. The highest BCUT2D eigenvalue weighted by Crippen LogP contribution is 2.20. The third-order valence-electron chi connectivity index (χ3n) is 2.05. The van der Waals surface area contributed by atoms with Crippen LogP contribution in [0.1, 0.15) is 35.7 Å². The van der Waals surface area contributed by atoms with Gasteiger partial charge < -0.3 is 0 Å². The topological polar surface area (TPSA) is 46.5 Å². The number of nitroso groups, excluding NO2 is 1. The molecule has 0 aliphatic rings. The van der Waals surface area contributed by atoms with E-state index in [1.807, 2.05) is 12.2 Å². The summed E-state index contributed by atoms with van der Waals surface area (Å²) in [5.41, 5.74) is 1.42. The van der Waals surface area contributed by atoms with Gasteiger partial charge in [0.2, 0.25) is 0 Å². The van der Waals surface area contributed by atoms with E-state index in [0.717, 1.165) is 18.4 Å². The highest BCUT2D eigenvalue weighted by atomic mass is 16.3. The smallest absolute Gasteiger partial charge is 0.152 e. The Kier molecular flexibility index (Phi) is 4.41. The number of unbranched alkanes of at least 4 members (excludes halogenated alkanes) is 1. The van der Waals surface area contributed by atoms with E-state index in [9.17, 15) is 9.70 Å². The lowest BCUT2D eigenvalue weighted by Crippen LogP contribution is -1.81. The van der Waals surface area contributed by atoms with E-state index < -0.39 is 0 Å². The summed E-state index contributed by atoms with van der Waals surface area (Å²) in [6.45, 7) is 2.10. The van der Waals surface area contributed by atoms with Gasteiger partial charge in [0.1, 0.15) is 5.69 Å². The third kappa shape index (κ3) is 3.13. The van der Waals surface area contributed by atoms with Gasteiger partial charge in [-0.3, -0.25) is 4.79 Å². The molecule has 0 radical (unpaired) electrons. The van der Waals surface area contributed by atoms with E-state index in [1.54, 1.807) is 18.2 Å². The molecule has 0 atom stereocenters. The van der Waals surface area contributed by atoms with Crippen LogP contribution < -0.4 is 0 Å². The second kappa shape index (κ2) is 5.86. The highest BCUT2D eigenvalue weighted by Gasteiger charge is 2.01. The van der Waals surface area contributed by atoms with Crippen LogP contribution in [-0.4, -0.2) is 6.29 Å². The van der Waals surface area contributed by atoms with Gasteiger partial charge in [0.05, 0.1) is 0 Å². The maximum absolute atomic E-state index is 10.5. The van der Waals surface area contributed by atoms with Crippen LogP contribution in [0.25, 0.3) is 6.08 Å². The molecule has 0 spiro atoms. The van der Waals surface area contributed by atoms with Gasteiger partial charge in [-0.15, -0.1) is 4.91 Å². The lowest BCUT2D eigenvalue weighted by molar-refractivity contribution is 0.112. The summed E-state index contributed by atoms with van der Waals surface area (Å²) in [5.74, 6) is 0. The Labute approximate surface area is 88.8 Å². The maximum Gasteiger partial charge on any atom is 0.152 e. The van der Waals surface area contributed by atoms with Gasteiger partial charge in [0.15, 0.2) is 6.29 Å². The van der Waals surface area contributed by atoms with Crippen LogP contribution in [0.4, 0.5) is 5.69 Å². The summed E-state index contributed by atoms with van der Waals surface area (Å²) < 4.78 is 0. The molecule has 0 saturated carbocycles. The minimum absolute atomic E-state index is 0.198. The Bertz CT molecular complexity index is 383. The molecular formula is C12H13NO2. The van der Waals surface area contributed by atoms with E-state index >= 15 is 0 Å². The van der Waals surface area contributed by atoms with Crippen molar-refractivity contribution in [2.75, 3.05) is 0 Å². The van der Waals surface area contributed by atoms with E-state index in [0.29, 0.717) is 11.8 Å². The first-order valence-electron chi connectivity index (χ1n) is 4.91. The van der Waals surface area contributed by atoms with Gasteiger partial charge in [0, 0.05) is 5.56 Å². The lowest BCUT2D eigenvalue weighted by Gasteiger charge is -1.97. The quantitative estimate of drug-likeness (QED) is 0.541. The Morgan fingerprint density at radius 2 is 2.20 bits per heavy atom. The van der Waals surface area contributed by atoms with Crippen molar-refractivity contribution < 1.29 is 4.79 Å². The van der Waals surface area contributed by atoms with Crippen LogP contribution in [0.5, 0.6) is 0 Å². The number of benzene rings is 1. The molecule has 0 unspecified atom stereocenters. The third-order valence-corrected chi connectivity index (χ3v) is 2.05. The molecule has 1 aromatic carbocycles. The van der Waals surface area contributed by atoms with Gasteiger partial charge >= 0.3 is 0 Å². The van der Waals surface area contributed by atoms with Crippen molar-refractivity contribution in [1.29, 1.82) is 0 Å². The first kappa shape index (κ1) is 11.3. The first-order chi connectivity index (χ1) is 7.31. The van der Waals surface area contributed by atoms with Crippen LogP contribution in [0.15, 0.2) is 29.5 Å². The lowest BCUT2D eigenvalue weighted by atomic mass is 10.1. The number of hydrogen-bond acceptors (Lipinski definition) is 3. The zero-order chi connectivity index (χ0) is 11.1. The van der Waals surface area contributed by atoms with Gasteiger partial charge in [0.25, 0.3) is 0 Å². The molecule has 0 aliphatic carbocycles. The fourth-order valence-electron chi connectivity index (χ4n) is 1.23. The molecule has 0 saturated heterocycles. The minimum Gasteiger partial charge on any atom is -0.298 e. The summed E-state index contributed by atoms with van der Waals surface area (Å²) in [6, 6.07) is 5.02. The molecule has 0 heterocycles. The zero-order valence-corrected chi connectivity index (χ0v) is 8.64. The molecule has 1 rings (SSSR count). The number of carbonyl (C=O) groups is 1. The van der Waals surface area contributed by atoms with Crippen LogP contribution in [0.3, 0.4) is 0 Å². The molecular weight excluding hydrogens is 190 g/mol. The standard InChI is InChI=1S/C12H13NO2/c1-2-3-4-5-10-6-7-11(9-14)12(8-10)13-15/h4-9H,2-3H2,1H3/b5-4+. The molecule has 0 bridgehead atoms. The number of hydrogen-bond donors (Lipinski definition) is 0. The van der Waals surface area contributed by atoms with Crippen LogP contribution >= 0.6 is 0 Å². The molecule has 1 aromatic rings. The number of rotatable bonds is 5. The Morgan fingerprint density at radius 1 is 1.40 bits per heavy atom. The normalized spacial score (nSPS) is 10.5. The van der Waals surface area contributed by atoms with Gasteiger partial charge in [-0.25, -0.2) is 0 Å². The summed E-state index contributed by atoms with van der Waals surface area (Å²) >= 11 is 0. The largest absolute Gasteiger partial charge is 0.298 e. The van der Waals surface area contributed by atoms with E-state index in [-0.39, 0.29) is 5.69 Å². The maximum atomic E-state index is 10.5. The van der Waals surface area contributed by atoms with Gasteiger partial charge in [-0.1, -0.05) is 31.6 Å². The number of allylic oxidation sites excluding steroid dienone is 1. The highest BCUT2D eigenvalue weighted by molar-refractivity contribution is 5.83. The average Bonchev–Trinajstić information content (AvgIpc) is 2.29. The predicted octanol–water partition coefficient (Wildman–Crippen LogP) is 3.71. The molecule has 78 valence electrons. The Morgan fingerprint density at radius 3 is 2.80 bits per heavy atom. The van der Waals surface area contributed by atoms with Crippen molar-refractivity contribution >= 4 is 18.0 Å². The predicted molar refractivity (Wildman–Crippen MR) is 61.2 cm³/mol. The van der Waals surface area contributed by atoms with Crippen LogP contribution in [0.2, 0.25) is 0 Å². The molecule has 3 heteroatoms. The summed E-state index contributed by atoms with van der Waals surface area (Å²) in [7, 11) is 0. The second-order valence-electron chi connectivity index (χ2n) is 3.22. The van der Waals surface area contributed by atoms with Gasteiger partial charge in [-0.05, 0) is 29.3 Å². The molecule has 0 fully saturated rings. The average molecular weight is 203 g/mol. The molecule has 15 heavy (non-hydrogen) atoms. The molecule has 0 aliphatic heterocycles. The van der Waals surface area contributed by atoms with E-state index in [1.165, 1.54) is 0 Å². The molecule has 0 amide bonds. The van der Waals surface area contributed by atoms with Crippen molar-refractivity contribution in [2.45, 2.75) is 19.8 Å². The summed E-state index contributed by atoms with van der Waals surface area (Å²) in [4.78, 5) is 21.0. The van der Waals surface area contributed by atoms with Crippen LogP contribution in [0, 0.1) is 4.91 Å². The van der Waals surface area contributed by atoms with Gasteiger partial charge in [-0.2, -0.15) is 0 Å². The van der Waals surface area contributed by atoms with E-state index in [4.69, 9.17) is 0 Å². The van der Waals surface area contributed by atoms with Crippen molar-refractivity contribution in [3.63, 3.8) is 0 Å². The molecule has 0 aromatic heterocycles. The van der Waals surface area contributed by atoms with E-state index in [2.05, 4.69) is 12.1 Å². The Balaban J connectivity index is 2.92. The first-order valence-corrected chi connectivity index (χ1v) is 4.91. The molecule has 3 nitrogen and oxygen atoms in total. The monoisotopic (exact) mass is 203 g/mol. The van der Waals surface area contributed by atoms with Crippen molar-refractivity contribution in [1.82, 2.24) is 0 Å². The molecule has 0 N–H and O–H groups in total. The fraction of sp³-hybridized carbons (Fsp3) is 0.250. The second-order valence-corrected chi connectivity index (χ2v) is 3.22. The number of nitrogens with zero attached hydrogens (tertiary/aromatic N) is 1.